The summed E-state index contributed by atoms with van der Waals surface area (Å²) in [6.45, 7) is 1.93. The number of hydrogen-bond donors (Lipinski definition) is 0. The van der Waals surface area contributed by atoms with Gasteiger partial charge in [0.15, 0.2) is 0 Å². The van der Waals surface area contributed by atoms with E-state index in [2.05, 4.69) is 0 Å². The molecule has 2 aromatic heterocycles. The van der Waals surface area contributed by atoms with Crippen LogP contribution in [-0.2, 0) is 0 Å². The second kappa shape index (κ2) is 4.44. The van der Waals surface area contributed by atoms with Gasteiger partial charge in [0, 0.05) is 11.8 Å². The molecule has 0 aliphatic carbocycles. The highest BCUT2D eigenvalue weighted by atomic mass is 35.5. The highest BCUT2D eigenvalue weighted by Gasteiger charge is 2.01. The number of rotatable bonds is 1. The van der Waals surface area contributed by atoms with Crippen molar-refractivity contribution in [3.63, 3.8) is 0 Å². The first-order valence-corrected chi connectivity index (χ1v) is 4.89. The zero-order chi connectivity index (χ0) is 9.26. The maximum absolute atomic E-state index is 11.5. The highest BCUT2D eigenvalue weighted by molar-refractivity contribution is 7.12. The van der Waals surface area contributed by atoms with Crippen molar-refractivity contribution in [2.75, 3.05) is 0 Å². The van der Waals surface area contributed by atoms with Gasteiger partial charge in [0.1, 0.15) is 5.00 Å². The average Bonchev–Trinajstić information content (AvgIpc) is 2.57. The zero-order valence-electron chi connectivity index (χ0n) is 7.64. The van der Waals surface area contributed by atoms with Gasteiger partial charge < -0.3 is 0 Å². The van der Waals surface area contributed by atoms with Crippen molar-refractivity contribution in [2.45, 2.75) is 6.92 Å². The average molecular weight is 228 g/mol. The number of thiophene rings is 1. The smallest absolute Gasteiger partial charge is 0.255 e. The quantitative estimate of drug-likeness (QED) is 0.734. The molecule has 2 aromatic rings. The Morgan fingerprint density at radius 3 is 2.57 bits per heavy atom. The predicted octanol–water partition coefficient (Wildman–Crippen LogP) is 2.63. The van der Waals surface area contributed by atoms with Gasteiger partial charge >= 0.3 is 0 Å². The van der Waals surface area contributed by atoms with Crippen molar-refractivity contribution in [3.05, 3.63) is 51.8 Å². The molecule has 0 atom stereocenters. The van der Waals surface area contributed by atoms with Crippen LogP contribution in [0.1, 0.15) is 5.69 Å². The van der Waals surface area contributed by atoms with E-state index in [9.17, 15) is 4.79 Å². The summed E-state index contributed by atoms with van der Waals surface area (Å²) in [6, 6.07) is 9.17. The van der Waals surface area contributed by atoms with Crippen molar-refractivity contribution in [3.8, 4) is 5.00 Å². The van der Waals surface area contributed by atoms with Crippen LogP contribution in [-0.4, -0.2) is 4.57 Å². The molecular weight excluding hydrogens is 218 g/mol. The normalized spacial score (nSPS) is 9.50. The molecule has 0 unspecified atom stereocenters. The summed E-state index contributed by atoms with van der Waals surface area (Å²) in [5.74, 6) is 0. The van der Waals surface area contributed by atoms with Crippen LogP contribution >= 0.6 is 23.7 Å². The Morgan fingerprint density at radius 2 is 2.00 bits per heavy atom. The minimum Gasteiger partial charge on any atom is -0.272 e. The van der Waals surface area contributed by atoms with E-state index < -0.39 is 0 Å². The maximum Gasteiger partial charge on any atom is 0.255 e. The molecule has 0 aliphatic heterocycles. The van der Waals surface area contributed by atoms with E-state index >= 15 is 0 Å². The Hall–Kier alpha value is -1.06. The van der Waals surface area contributed by atoms with Crippen LogP contribution in [0.2, 0.25) is 0 Å². The molecular formula is C10H10ClNOS. The van der Waals surface area contributed by atoms with Crippen molar-refractivity contribution in [2.24, 2.45) is 0 Å². The maximum atomic E-state index is 11.5. The lowest BCUT2D eigenvalue weighted by Gasteiger charge is -2.04. The molecule has 2 rings (SSSR count). The van der Waals surface area contributed by atoms with Gasteiger partial charge in [-0.2, -0.15) is 0 Å². The van der Waals surface area contributed by atoms with Gasteiger partial charge in [-0.15, -0.1) is 23.7 Å². The third-order valence-electron chi connectivity index (χ3n) is 1.88. The fourth-order valence-corrected chi connectivity index (χ4v) is 2.07. The predicted molar refractivity (Wildman–Crippen MR) is 61.9 cm³/mol. The first kappa shape index (κ1) is 11.0. The molecule has 0 spiro atoms. The van der Waals surface area contributed by atoms with Crippen LogP contribution in [0.3, 0.4) is 0 Å². The lowest BCUT2D eigenvalue weighted by molar-refractivity contribution is 0.953. The van der Waals surface area contributed by atoms with E-state index in [4.69, 9.17) is 0 Å². The SMILES string of the molecule is Cc1cccc(=O)n1-c1cccs1.Cl. The summed E-state index contributed by atoms with van der Waals surface area (Å²) in [6.07, 6.45) is 0. The molecule has 0 saturated carbocycles. The first-order valence-electron chi connectivity index (χ1n) is 4.01. The van der Waals surface area contributed by atoms with E-state index in [1.165, 1.54) is 0 Å². The van der Waals surface area contributed by atoms with Gasteiger partial charge in [-0.1, -0.05) is 6.07 Å². The molecule has 2 heterocycles. The molecule has 0 N–H and O–H groups in total. The number of aromatic nitrogens is 1. The number of nitrogens with zero attached hydrogens (tertiary/aromatic N) is 1. The van der Waals surface area contributed by atoms with Gasteiger partial charge in [0.05, 0.1) is 0 Å². The minimum atomic E-state index is 0. The molecule has 4 heteroatoms. The Bertz CT molecular complexity index is 461. The summed E-state index contributed by atoms with van der Waals surface area (Å²) in [7, 11) is 0. The third kappa shape index (κ3) is 1.89. The monoisotopic (exact) mass is 227 g/mol. The number of pyridine rings is 1. The molecule has 0 aromatic carbocycles. The molecule has 14 heavy (non-hydrogen) atoms. The van der Waals surface area contributed by atoms with Crippen LogP contribution < -0.4 is 5.56 Å². The Balaban J connectivity index is 0.000000980. The minimum absolute atomic E-state index is 0. The Labute approximate surface area is 92.2 Å². The molecule has 0 radical (unpaired) electrons. The molecule has 0 amide bonds. The molecule has 0 fully saturated rings. The largest absolute Gasteiger partial charge is 0.272 e. The Kier molecular flexibility index (Phi) is 3.49. The standard InChI is InChI=1S/C10H9NOS.ClH/c1-8-4-2-5-9(12)11(8)10-6-3-7-13-10;/h2-7H,1H3;1H. The zero-order valence-corrected chi connectivity index (χ0v) is 9.27. The van der Waals surface area contributed by atoms with Gasteiger partial charge in [0.2, 0.25) is 0 Å². The first-order chi connectivity index (χ1) is 6.29. The lowest BCUT2D eigenvalue weighted by atomic mass is 10.3. The van der Waals surface area contributed by atoms with Crippen LogP contribution in [0, 0.1) is 6.92 Å². The van der Waals surface area contributed by atoms with Crippen LogP contribution in [0.15, 0.2) is 40.5 Å². The molecule has 0 aliphatic rings. The van der Waals surface area contributed by atoms with Crippen molar-refractivity contribution in [1.29, 1.82) is 0 Å². The summed E-state index contributed by atoms with van der Waals surface area (Å²) in [5, 5.41) is 2.94. The fraction of sp³-hybridized carbons (Fsp3) is 0.100. The lowest BCUT2D eigenvalue weighted by Crippen LogP contribution is -2.17. The molecule has 0 saturated heterocycles. The van der Waals surface area contributed by atoms with Crippen molar-refractivity contribution < 1.29 is 0 Å². The topological polar surface area (TPSA) is 22.0 Å². The Morgan fingerprint density at radius 1 is 1.21 bits per heavy atom. The third-order valence-corrected chi connectivity index (χ3v) is 2.73. The summed E-state index contributed by atoms with van der Waals surface area (Å²) in [5.41, 5.74) is 0.998. The highest BCUT2D eigenvalue weighted by Crippen LogP contribution is 2.14. The second-order valence-electron chi connectivity index (χ2n) is 2.79. The van der Waals surface area contributed by atoms with Crippen LogP contribution in [0.5, 0.6) is 0 Å². The van der Waals surface area contributed by atoms with Crippen molar-refractivity contribution >= 4 is 23.7 Å². The molecule has 0 bridgehead atoms. The van der Waals surface area contributed by atoms with Gasteiger partial charge in [-0.25, -0.2) is 0 Å². The van der Waals surface area contributed by atoms with Crippen molar-refractivity contribution in [1.82, 2.24) is 4.57 Å². The van der Waals surface area contributed by atoms with E-state index in [1.807, 2.05) is 30.5 Å². The van der Waals surface area contributed by atoms with E-state index in [0.717, 1.165) is 10.7 Å². The van der Waals surface area contributed by atoms with Gasteiger partial charge in [-0.3, -0.25) is 9.36 Å². The van der Waals surface area contributed by atoms with Crippen LogP contribution in [0.25, 0.3) is 5.00 Å². The summed E-state index contributed by atoms with van der Waals surface area (Å²) >= 11 is 1.57. The second-order valence-corrected chi connectivity index (χ2v) is 3.72. The van der Waals surface area contributed by atoms with E-state index in [-0.39, 0.29) is 18.0 Å². The molecule has 2 nitrogen and oxygen atoms in total. The fourth-order valence-electron chi connectivity index (χ4n) is 1.27. The van der Waals surface area contributed by atoms with E-state index in [1.54, 1.807) is 28.0 Å². The number of aryl methyl sites for hydroxylation is 1. The van der Waals surface area contributed by atoms with Gasteiger partial charge in [0.25, 0.3) is 5.56 Å². The summed E-state index contributed by atoms with van der Waals surface area (Å²) in [4.78, 5) is 11.5. The molecule has 74 valence electrons. The summed E-state index contributed by atoms with van der Waals surface area (Å²) < 4.78 is 1.71. The van der Waals surface area contributed by atoms with Gasteiger partial charge in [-0.05, 0) is 30.5 Å². The number of halogens is 1. The number of hydrogen-bond acceptors (Lipinski definition) is 2. The van der Waals surface area contributed by atoms with Crippen LogP contribution in [0.4, 0.5) is 0 Å². The van der Waals surface area contributed by atoms with E-state index in [0.29, 0.717) is 0 Å².